The van der Waals surface area contributed by atoms with Crippen LogP contribution in [0.2, 0.25) is 5.02 Å². The van der Waals surface area contributed by atoms with Gasteiger partial charge in [0.05, 0.1) is 10.9 Å². The van der Waals surface area contributed by atoms with Gasteiger partial charge in [-0.2, -0.15) is 0 Å². The highest BCUT2D eigenvalue weighted by Gasteiger charge is 2.17. The molecule has 4 nitrogen and oxygen atoms in total. The summed E-state index contributed by atoms with van der Waals surface area (Å²) in [5.74, 6) is -0.416. The van der Waals surface area contributed by atoms with E-state index in [4.69, 9.17) is 17.3 Å². The van der Waals surface area contributed by atoms with Crippen molar-refractivity contribution in [1.82, 2.24) is 4.98 Å². The maximum Gasteiger partial charge on any atom is 0.249 e. The average Bonchev–Trinajstić information content (AvgIpc) is 2.99. The summed E-state index contributed by atoms with van der Waals surface area (Å²) in [5, 5.41) is 12.4. The fourth-order valence-corrected chi connectivity index (χ4v) is 3.49. The highest BCUT2D eigenvalue weighted by molar-refractivity contribution is 6.31. The molecule has 0 spiro atoms. The van der Waals surface area contributed by atoms with Gasteiger partial charge in [-0.3, -0.25) is 4.79 Å². The Morgan fingerprint density at radius 3 is 2.56 bits per heavy atom. The maximum atomic E-state index is 11.8. The van der Waals surface area contributed by atoms with E-state index in [1.807, 2.05) is 36.4 Å². The van der Waals surface area contributed by atoms with Gasteiger partial charge in [0, 0.05) is 27.9 Å². The Labute approximate surface area is 148 Å². The van der Waals surface area contributed by atoms with Crippen LogP contribution in [0.3, 0.4) is 0 Å². The summed E-state index contributed by atoms with van der Waals surface area (Å²) >= 11 is 6.28. The second-order valence-electron chi connectivity index (χ2n) is 5.98. The zero-order valence-electron chi connectivity index (χ0n) is 13.2. The number of phenols is 1. The summed E-state index contributed by atoms with van der Waals surface area (Å²) in [7, 11) is 0. The van der Waals surface area contributed by atoms with E-state index >= 15 is 0 Å². The molecule has 0 fully saturated rings. The smallest absolute Gasteiger partial charge is 0.249 e. The highest BCUT2D eigenvalue weighted by atomic mass is 35.5. The molecule has 3 aromatic carbocycles. The van der Waals surface area contributed by atoms with Gasteiger partial charge in [-0.1, -0.05) is 41.9 Å². The number of amides is 1. The number of H-pyrrole nitrogens is 1. The Morgan fingerprint density at radius 2 is 1.80 bits per heavy atom. The predicted octanol–water partition coefficient (Wildman–Crippen LogP) is 4.37. The van der Waals surface area contributed by atoms with Crippen LogP contribution in [0.15, 0.2) is 54.6 Å². The Kier molecular flexibility index (Phi) is 3.62. The van der Waals surface area contributed by atoms with E-state index < -0.39 is 5.91 Å². The van der Waals surface area contributed by atoms with Crippen molar-refractivity contribution in [3.05, 3.63) is 76.3 Å². The van der Waals surface area contributed by atoms with Crippen LogP contribution in [0.4, 0.5) is 0 Å². The summed E-state index contributed by atoms with van der Waals surface area (Å²) in [5.41, 5.74) is 9.40. The molecule has 0 aliphatic carbocycles. The summed E-state index contributed by atoms with van der Waals surface area (Å²) in [6, 6.07) is 16.4. The number of carbonyl (C=O) groups is 1. The monoisotopic (exact) mass is 350 g/mol. The molecule has 0 unspecified atom stereocenters. The number of rotatable bonds is 3. The molecule has 0 aliphatic heterocycles. The molecule has 0 aliphatic rings. The Hall–Kier alpha value is -2.98. The van der Waals surface area contributed by atoms with Crippen LogP contribution in [0.5, 0.6) is 5.75 Å². The fraction of sp³-hybridized carbons (Fsp3) is 0.0500. The van der Waals surface area contributed by atoms with Crippen molar-refractivity contribution in [1.29, 1.82) is 0 Å². The minimum absolute atomic E-state index is 0.109. The predicted molar refractivity (Wildman–Crippen MR) is 100 cm³/mol. The summed E-state index contributed by atoms with van der Waals surface area (Å²) in [4.78, 5) is 15.1. The number of nitrogens with one attached hydrogen (secondary N) is 1. The lowest BCUT2D eigenvalue weighted by molar-refractivity contribution is 0.100. The molecule has 1 amide bonds. The Bertz CT molecular complexity index is 1130. The SMILES string of the molecule is NC(=O)c1cccc2[nH]c3c(Cc4ccccc4Cl)ccc(O)c3c12. The molecule has 4 aromatic rings. The van der Waals surface area contributed by atoms with Crippen molar-refractivity contribution in [2.75, 3.05) is 0 Å². The van der Waals surface area contributed by atoms with Gasteiger partial charge >= 0.3 is 0 Å². The maximum absolute atomic E-state index is 11.8. The standard InChI is InChI=1S/C20H15ClN2O2/c21-14-6-2-1-4-11(14)10-12-8-9-16(24)18-17-13(20(22)25)5-3-7-15(17)23-19(12)18/h1-9,23-24H,10H2,(H2,22,25). The van der Waals surface area contributed by atoms with Crippen molar-refractivity contribution < 1.29 is 9.90 Å². The van der Waals surface area contributed by atoms with Gasteiger partial charge < -0.3 is 15.8 Å². The topological polar surface area (TPSA) is 79.1 Å². The molecule has 0 saturated carbocycles. The number of hydrogen-bond acceptors (Lipinski definition) is 2. The van der Waals surface area contributed by atoms with E-state index in [0.717, 1.165) is 22.2 Å². The number of phenolic OH excluding ortho intramolecular Hbond substituents is 1. The zero-order chi connectivity index (χ0) is 17.6. The van der Waals surface area contributed by atoms with Gasteiger partial charge in [0.1, 0.15) is 5.75 Å². The second-order valence-corrected chi connectivity index (χ2v) is 6.39. The van der Waals surface area contributed by atoms with Gasteiger partial charge in [0.2, 0.25) is 5.91 Å². The number of aromatic hydroxyl groups is 1. The lowest BCUT2D eigenvalue weighted by atomic mass is 9.99. The lowest BCUT2D eigenvalue weighted by Crippen LogP contribution is -2.10. The second kappa shape index (κ2) is 5.83. The van der Waals surface area contributed by atoms with Gasteiger partial charge in [0.15, 0.2) is 0 Å². The number of primary amides is 1. The molecule has 5 heteroatoms. The van der Waals surface area contributed by atoms with E-state index in [0.29, 0.717) is 27.8 Å². The summed E-state index contributed by atoms with van der Waals surface area (Å²) in [6.45, 7) is 0. The quantitative estimate of drug-likeness (QED) is 0.513. The van der Waals surface area contributed by atoms with Crippen molar-refractivity contribution in [2.45, 2.75) is 6.42 Å². The van der Waals surface area contributed by atoms with E-state index in [-0.39, 0.29) is 5.75 Å². The molecule has 0 atom stereocenters. The molecule has 1 aromatic heterocycles. The Morgan fingerprint density at radius 1 is 1.00 bits per heavy atom. The van der Waals surface area contributed by atoms with Crippen LogP contribution >= 0.6 is 11.6 Å². The summed E-state index contributed by atoms with van der Waals surface area (Å²) in [6.07, 6.45) is 0.606. The number of halogens is 1. The molecule has 0 saturated heterocycles. The molecular formula is C20H15ClN2O2. The van der Waals surface area contributed by atoms with Gasteiger partial charge in [-0.05, 0) is 35.4 Å². The van der Waals surface area contributed by atoms with Crippen LogP contribution in [-0.4, -0.2) is 16.0 Å². The Balaban J connectivity index is 2.01. The third kappa shape index (κ3) is 2.51. The number of benzene rings is 3. The van der Waals surface area contributed by atoms with Crippen LogP contribution in [0, 0.1) is 0 Å². The normalized spacial score (nSPS) is 11.2. The van der Waals surface area contributed by atoms with E-state index in [9.17, 15) is 9.90 Å². The van der Waals surface area contributed by atoms with Gasteiger partial charge in [-0.25, -0.2) is 0 Å². The molecular weight excluding hydrogens is 336 g/mol. The number of fused-ring (bicyclic) bond motifs is 3. The number of hydrogen-bond donors (Lipinski definition) is 3. The van der Waals surface area contributed by atoms with E-state index in [1.165, 1.54) is 0 Å². The van der Waals surface area contributed by atoms with Crippen LogP contribution in [-0.2, 0) is 6.42 Å². The van der Waals surface area contributed by atoms with Crippen LogP contribution in [0.25, 0.3) is 21.8 Å². The molecule has 4 N–H and O–H groups in total. The van der Waals surface area contributed by atoms with Crippen LogP contribution in [0.1, 0.15) is 21.5 Å². The van der Waals surface area contributed by atoms with E-state index in [1.54, 1.807) is 18.2 Å². The van der Waals surface area contributed by atoms with Gasteiger partial charge in [0.25, 0.3) is 0 Å². The van der Waals surface area contributed by atoms with Crippen molar-refractivity contribution >= 4 is 39.3 Å². The first-order valence-corrected chi connectivity index (χ1v) is 8.22. The first-order chi connectivity index (χ1) is 12.1. The molecule has 1 heterocycles. The highest BCUT2D eigenvalue weighted by Crippen LogP contribution is 2.37. The first kappa shape index (κ1) is 15.5. The number of aromatic nitrogens is 1. The average molecular weight is 351 g/mol. The van der Waals surface area contributed by atoms with E-state index in [2.05, 4.69) is 4.98 Å². The minimum Gasteiger partial charge on any atom is -0.507 e. The number of nitrogens with two attached hydrogens (primary N) is 1. The fourth-order valence-electron chi connectivity index (χ4n) is 3.29. The molecule has 25 heavy (non-hydrogen) atoms. The molecule has 0 radical (unpaired) electrons. The lowest BCUT2D eigenvalue weighted by Gasteiger charge is -2.07. The largest absolute Gasteiger partial charge is 0.507 e. The molecule has 4 rings (SSSR count). The number of aromatic amines is 1. The van der Waals surface area contributed by atoms with Crippen LogP contribution < -0.4 is 5.73 Å². The van der Waals surface area contributed by atoms with Gasteiger partial charge in [-0.15, -0.1) is 0 Å². The molecule has 0 bridgehead atoms. The zero-order valence-corrected chi connectivity index (χ0v) is 14.0. The third-order valence-electron chi connectivity index (χ3n) is 4.45. The minimum atomic E-state index is -0.526. The van der Waals surface area contributed by atoms with Crippen molar-refractivity contribution in [3.8, 4) is 5.75 Å². The van der Waals surface area contributed by atoms with Crippen molar-refractivity contribution in [3.63, 3.8) is 0 Å². The van der Waals surface area contributed by atoms with Crippen molar-refractivity contribution in [2.24, 2.45) is 5.73 Å². The summed E-state index contributed by atoms with van der Waals surface area (Å²) < 4.78 is 0. The molecule has 124 valence electrons. The number of carbonyl (C=O) groups excluding carboxylic acids is 1. The first-order valence-electron chi connectivity index (χ1n) is 7.84. The third-order valence-corrected chi connectivity index (χ3v) is 4.82.